The summed E-state index contributed by atoms with van der Waals surface area (Å²) in [6.07, 6.45) is 14.0. The Hall–Kier alpha value is -2.37. The highest BCUT2D eigenvalue weighted by Gasteiger charge is 2.35. The molecule has 1 saturated carbocycles. The van der Waals surface area contributed by atoms with Crippen LogP contribution in [0.25, 0.3) is 0 Å². The second-order valence-electron chi connectivity index (χ2n) is 10.0. The van der Waals surface area contributed by atoms with E-state index in [1.54, 1.807) is 0 Å². The lowest BCUT2D eigenvalue weighted by molar-refractivity contribution is -0.138. The first-order chi connectivity index (χ1) is 16.6. The van der Waals surface area contributed by atoms with Crippen molar-refractivity contribution in [3.05, 3.63) is 35.9 Å². The summed E-state index contributed by atoms with van der Waals surface area (Å²) in [5.41, 5.74) is 0.681. The van der Waals surface area contributed by atoms with Crippen LogP contribution >= 0.6 is 0 Å². The number of carbonyl (C=O) groups excluding carboxylic acids is 3. The van der Waals surface area contributed by atoms with Crippen molar-refractivity contribution in [3.63, 3.8) is 0 Å². The number of amides is 3. The average Bonchev–Trinajstić information content (AvgIpc) is 3.35. The zero-order chi connectivity index (χ0) is 24.2. The lowest BCUT2D eigenvalue weighted by Gasteiger charge is -2.31. The van der Waals surface area contributed by atoms with Gasteiger partial charge < -0.3 is 15.5 Å². The normalized spacial score (nSPS) is 22.4. The molecule has 188 valence electrons. The first-order valence-electron chi connectivity index (χ1n) is 13.5. The van der Waals surface area contributed by atoms with E-state index >= 15 is 0 Å². The Morgan fingerprint density at radius 2 is 1.44 bits per heavy atom. The topological polar surface area (TPSA) is 78.5 Å². The van der Waals surface area contributed by atoms with Gasteiger partial charge in [0.1, 0.15) is 6.04 Å². The molecule has 2 aliphatic rings. The summed E-state index contributed by atoms with van der Waals surface area (Å²) in [7, 11) is 0. The van der Waals surface area contributed by atoms with Crippen LogP contribution in [0.1, 0.15) is 107 Å². The summed E-state index contributed by atoms with van der Waals surface area (Å²) >= 11 is 0. The molecule has 1 aliphatic carbocycles. The lowest BCUT2D eigenvalue weighted by atomic mass is 9.90. The maximum atomic E-state index is 13.0. The SMILES string of the molecule is CCCCCCCCCC(=O)N1CCC[C@H]1C(=O)NC1CCC(NC(=O)c2ccccc2)CC1. The van der Waals surface area contributed by atoms with E-state index in [1.165, 1.54) is 32.1 Å². The fourth-order valence-electron chi connectivity index (χ4n) is 5.25. The molecule has 3 amide bonds. The van der Waals surface area contributed by atoms with Gasteiger partial charge in [-0.1, -0.05) is 63.6 Å². The van der Waals surface area contributed by atoms with Crippen LogP contribution in [0.2, 0.25) is 0 Å². The van der Waals surface area contributed by atoms with Crippen molar-refractivity contribution in [3.8, 4) is 0 Å². The minimum atomic E-state index is -0.312. The van der Waals surface area contributed by atoms with E-state index in [1.807, 2.05) is 35.2 Å². The maximum Gasteiger partial charge on any atom is 0.251 e. The third kappa shape index (κ3) is 8.14. The first-order valence-corrected chi connectivity index (χ1v) is 13.5. The van der Waals surface area contributed by atoms with Gasteiger partial charge >= 0.3 is 0 Å². The second kappa shape index (κ2) is 14.1. The molecule has 1 atom stereocenters. The van der Waals surface area contributed by atoms with Gasteiger partial charge in [-0.3, -0.25) is 14.4 Å². The Bertz CT molecular complexity index is 774. The Labute approximate surface area is 205 Å². The molecule has 2 N–H and O–H groups in total. The van der Waals surface area contributed by atoms with Crippen molar-refractivity contribution in [2.75, 3.05) is 6.54 Å². The van der Waals surface area contributed by atoms with Crippen molar-refractivity contribution < 1.29 is 14.4 Å². The number of nitrogens with one attached hydrogen (secondary N) is 2. The van der Waals surface area contributed by atoms with Crippen LogP contribution in [-0.4, -0.2) is 47.3 Å². The summed E-state index contributed by atoms with van der Waals surface area (Å²) < 4.78 is 0. The van der Waals surface area contributed by atoms with E-state index in [9.17, 15) is 14.4 Å². The quantitative estimate of drug-likeness (QED) is 0.424. The highest BCUT2D eigenvalue weighted by molar-refractivity contribution is 5.94. The van der Waals surface area contributed by atoms with Crippen LogP contribution < -0.4 is 10.6 Å². The predicted octanol–water partition coefficient (Wildman–Crippen LogP) is 4.98. The number of likely N-dealkylation sites (tertiary alicyclic amines) is 1. The molecule has 0 unspecified atom stereocenters. The summed E-state index contributed by atoms with van der Waals surface area (Å²) in [4.78, 5) is 39.9. The van der Waals surface area contributed by atoms with Crippen LogP contribution in [0.15, 0.2) is 30.3 Å². The molecule has 6 heteroatoms. The molecule has 1 saturated heterocycles. The Morgan fingerprint density at radius 3 is 2.12 bits per heavy atom. The molecule has 1 aromatic rings. The third-order valence-electron chi connectivity index (χ3n) is 7.31. The standard InChI is InChI=1S/C28H43N3O3/c1-2-3-4-5-6-7-11-16-26(32)31-21-12-15-25(31)28(34)30-24-19-17-23(18-20-24)29-27(33)22-13-9-8-10-14-22/h8-10,13-14,23-25H,2-7,11-12,15-21H2,1H3,(H,29,33)(H,30,34)/t23?,24?,25-/m0/s1. The lowest BCUT2D eigenvalue weighted by Crippen LogP contribution is -2.50. The number of unbranched alkanes of at least 4 members (excludes halogenated alkanes) is 6. The number of hydrogen-bond donors (Lipinski definition) is 2. The van der Waals surface area contributed by atoms with Gasteiger partial charge in [0.05, 0.1) is 0 Å². The number of nitrogens with zero attached hydrogens (tertiary/aromatic N) is 1. The summed E-state index contributed by atoms with van der Waals surface area (Å²) in [5.74, 6) is 0.106. The summed E-state index contributed by atoms with van der Waals surface area (Å²) in [5, 5.41) is 6.32. The summed E-state index contributed by atoms with van der Waals surface area (Å²) in [6.45, 7) is 2.92. The fraction of sp³-hybridized carbons (Fsp3) is 0.679. The molecule has 1 aliphatic heterocycles. The average molecular weight is 470 g/mol. The second-order valence-corrected chi connectivity index (χ2v) is 10.0. The van der Waals surface area contributed by atoms with Crippen molar-refractivity contribution >= 4 is 17.7 Å². The van der Waals surface area contributed by atoms with Gasteiger partial charge in [-0.05, 0) is 57.1 Å². The monoisotopic (exact) mass is 469 g/mol. The van der Waals surface area contributed by atoms with Crippen LogP contribution in [0.3, 0.4) is 0 Å². The van der Waals surface area contributed by atoms with Crippen LogP contribution in [0, 0.1) is 0 Å². The van der Waals surface area contributed by atoms with Gasteiger partial charge in [-0.2, -0.15) is 0 Å². The van der Waals surface area contributed by atoms with Crippen LogP contribution in [0.4, 0.5) is 0 Å². The van der Waals surface area contributed by atoms with Gasteiger partial charge in [-0.25, -0.2) is 0 Å². The molecule has 0 radical (unpaired) electrons. The molecule has 3 rings (SSSR count). The van der Waals surface area contributed by atoms with E-state index < -0.39 is 0 Å². The molecular weight excluding hydrogens is 426 g/mol. The highest BCUT2D eigenvalue weighted by Crippen LogP contribution is 2.23. The number of carbonyl (C=O) groups is 3. The van der Waals surface area contributed by atoms with E-state index in [4.69, 9.17) is 0 Å². The Morgan fingerprint density at radius 1 is 0.824 bits per heavy atom. The van der Waals surface area contributed by atoms with Gasteiger partial charge in [-0.15, -0.1) is 0 Å². The van der Waals surface area contributed by atoms with Crippen molar-refractivity contribution in [1.29, 1.82) is 0 Å². The van der Waals surface area contributed by atoms with Crippen molar-refractivity contribution in [1.82, 2.24) is 15.5 Å². The molecule has 1 aromatic carbocycles. The van der Waals surface area contributed by atoms with Gasteiger partial charge in [0, 0.05) is 30.6 Å². The Balaban J connectivity index is 1.35. The largest absolute Gasteiger partial charge is 0.352 e. The molecule has 0 bridgehead atoms. The zero-order valence-electron chi connectivity index (χ0n) is 20.9. The zero-order valence-corrected chi connectivity index (χ0v) is 20.9. The van der Waals surface area contributed by atoms with Gasteiger partial charge in [0.15, 0.2) is 0 Å². The number of benzene rings is 1. The minimum Gasteiger partial charge on any atom is -0.352 e. The number of rotatable bonds is 12. The highest BCUT2D eigenvalue weighted by atomic mass is 16.2. The molecular formula is C28H43N3O3. The van der Waals surface area contributed by atoms with E-state index in [0.717, 1.165) is 51.4 Å². The molecule has 34 heavy (non-hydrogen) atoms. The van der Waals surface area contributed by atoms with E-state index in [0.29, 0.717) is 18.5 Å². The molecule has 0 aromatic heterocycles. The molecule has 1 heterocycles. The summed E-state index contributed by atoms with van der Waals surface area (Å²) in [6, 6.07) is 9.24. The predicted molar refractivity (Wildman–Crippen MR) is 135 cm³/mol. The van der Waals surface area contributed by atoms with Crippen molar-refractivity contribution in [2.45, 2.75) is 115 Å². The Kier molecular flexibility index (Phi) is 10.9. The molecule has 2 fully saturated rings. The number of hydrogen-bond acceptors (Lipinski definition) is 3. The van der Waals surface area contributed by atoms with Crippen LogP contribution in [0.5, 0.6) is 0 Å². The smallest absolute Gasteiger partial charge is 0.251 e. The van der Waals surface area contributed by atoms with E-state index in [-0.39, 0.29) is 35.8 Å². The third-order valence-corrected chi connectivity index (χ3v) is 7.31. The molecule has 0 spiro atoms. The molecule has 6 nitrogen and oxygen atoms in total. The fourth-order valence-corrected chi connectivity index (χ4v) is 5.25. The van der Waals surface area contributed by atoms with E-state index in [2.05, 4.69) is 17.6 Å². The van der Waals surface area contributed by atoms with Gasteiger partial charge in [0.2, 0.25) is 11.8 Å². The minimum absolute atomic E-state index is 0.00202. The van der Waals surface area contributed by atoms with Crippen molar-refractivity contribution in [2.24, 2.45) is 0 Å². The van der Waals surface area contributed by atoms with Crippen LogP contribution in [-0.2, 0) is 9.59 Å². The first kappa shape index (κ1) is 26.2. The van der Waals surface area contributed by atoms with Gasteiger partial charge in [0.25, 0.3) is 5.91 Å². The maximum absolute atomic E-state index is 13.0.